The smallest absolute Gasteiger partial charge is 0.223 e. The van der Waals surface area contributed by atoms with Crippen LogP contribution in [-0.2, 0) is 0 Å². The summed E-state index contributed by atoms with van der Waals surface area (Å²) < 4.78 is 0. The van der Waals surface area contributed by atoms with Crippen molar-refractivity contribution >= 4 is 17.7 Å². The Balaban J connectivity index is 0.00000126. The van der Waals surface area contributed by atoms with Gasteiger partial charge in [0.15, 0.2) is 0 Å². The van der Waals surface area contributed by atoms with E-state index >= 15 is 0 Å². The fourth-order valence-corrected chi connectivity index (χ4v) is 4.06. The monoisotopic (exact) mass is 370 g/mol. The number of anilines is 1. The van der Waals surface area contributed by atoms with Gasteiger partial charge in [0.25, 0.3) is 0 Å². The van der Waals surface area contributed by atoms with Crippen LogP contribution in [0.4, 0.5) is 5.95 Å². The molecule has 1 aromatic rings. The second kappa shape index (κ2) is 11.9. The number of rotatable bonds is 8. The first-order valence-corrected chi connectivity index (χ1v) is 11.1. The van der Waals surface area contributed by atoms with Gasteiger partial charge in [-0.05, 0) is 37.7 Å². The highest BCUT2D eigenvalue weighted by atomic mass is 15.1. The van der Waals surface area contributed by atoms with Gasteiger partial charge in [-0.15, -0.1) is 0 Å². The summed E-state index contributed by atoms with van der Waals surface area (Å²) in [5, 5.41) is 11.5. The largest absolute Gasteiger partial charge is 0.351 e. The Kier molecular flexibility index (Phi) is 9.51. The number of aromatic nitrogens is 2. The van der Waals surface area contributed by atoms with Crippen LogP contribution in [0.2, 0.25) is 0 Å². The minimum atomic E-state index is 0.501. The van der Waals surface area contributed by atoms with Crippen molar-refractivity contribution in [3.05, 3.63) is 23.5 Å². The zero-order chi connectivity index (χ0) is 19.5. The highest BCUT2D eigenvalue weighted by molar-refractivity contribution is 6.08. The maximum atomic E-state index is 7.99. The predicted octanol–water partition coefficient (Wildman–Crippen LogP) is 6.64. The lowest BCUT2D eigenvalue weighted by Crippen LogP contribution is -2.23. The molecule has 2 N–H and O–H groups in total. The summed E-state index contributed by atoms with van der Waals surface area (Å²) >= 11 is 0. The Bertz CT molecular complexity index is 598. The van der Waals surface area contributed by atoms with Crippen molar-refractivity contribution in [2.45, 2.75) is 97.4 Å². The highest BCUT2D eigenvalue weighted by Crippen LogP contribution is 2.35. The Labute approximate surface area is 165 Å². The summed E-state index contributed by atoms with van der Waals surface area (Å²) in [4.78, 5) is 9.18. The molecule has 1 heterocycles. The van der Waals surface area contributed by atoms with Crippen molar-refractivity contribution in [1.82, 2.24) is 9.97 Å². The van der Waals surface area contributed by atoms with Gasteiger partial charge in [-0.3, -0.25) is 0 Å². The van der Waals surface area contributed by atoms with E-state index in [1.807, 2.05) is 26.1 Å². The molecule has 4 nitrogen and oxygen atoms in total. The van der Waals surface area contributed by atoms with Gasteiger partial charge in [0.1, 0.15) is 0 Å². The zero-order valence-corrected chi connectivity index (χ0v) is 17.6. The van der Waals surface area contributed by atoms with Crippen LogP contribution in [0.1, 0.15) is 97.1 Å². The van der Waals surface area contributed by atoms with Crippen molar-refractivity contribution < 1.29 is 0 Å². The topological polar surface area (TPSA) is 61.7 Å². The van der Waals surface area contributed by atoms with Crippen LogP contribution >= 0.6 is 0 Å². The van der Waals surface area contributed by atoms with E-state index in [4.69, 9.17) is 10.4 Å². The molecule has 2 fully saturated rings. The molecule has 4 heteroatoms. The maximum absolute atomic E-state index is 7.99. The molecule has 2 aliphatic rings. The fraction of sp³-hybridized carbons (Fsp3) is 0.696. The van der Waals surface area contributed by atoms with Crippen molar-refractivity contribution in [3.63, 3.8) is 0 Å². The quantitative estimate of drug-likeness (QED) is 0.504. The van der Waals surface area contributed by atoms with Crippen LogP contribution in [-0.4, -0.2) is 22.2 Å². The summed E-state index contributed by atoms with van der Waals surface area (Å²) in [5.74, 6) is 1.54. The van der Waals surface area contributed by atoms with Crippen LogP contribution in [0.3, 0.4) is 0 Å². The second-order valence-corrected chi connectivity index (χ2v) is 7.66. The Morgan fingerprint density at radius 3 is 2.48 bits per heavy atom. The number of allylic oxidation sites excluding steroid dienone is 2. The van der Waals surface area contributed by atoms with E-state index in [0.29, 0.717) is 6.04 Å². The van der Waals surface area contributed by atoms with Gasteiger partial charge in [-0.25, -0.2) is 9.97 Å². The SMILES string of the molecule is CC.CCC/C(CC1CCC1)=C(\C=N)c1ccnc(NC2CCCCC2)n1. The molecule has 0 aliphatic heterocycles. The summed E-state index contributed by atoms with van der Waals surface area (Å²) in [6, 6.07) is 2.46. The molecule has 0 saturated heterocycles. The Morgan fingerprint density at radius 2 is 1.89 bits per heavy atom. The van der Waals surface area contributed by atoms with E-state index in [1.54, 1.807) is 0 Å². The third kappa shape index (κ3) is 6.44. The molecule has 2 saturated carbocycles. The van der Waals surface area contributed by atoms with Crippen LogP contribution in [0.5, 0.6) is 0 Å². The Hall–Kier alpha value is -1.71. The highest BCUT2D eigenvalue weighted by Gasteiger charge is 2.21. The van der Waals surface area contributed by atoms with Crippen LogP contribution < -0.4 is 5.32 Å². The molecule has 0 amide bonds. The van der Waals surface area contributed by atoms with Gasteiger partial charge in [-0.2, -0.15) is 0 Å². The average Bonchev–Trinajstić information content (AvgIpc) is 2.68. The third-order valence-electron chi connectivity index (χ3n) is 5.71. The van der Waals surface area contributed by atoms with E-state index in [1.165, 1.54) is 63.2 Å². The van der Waals surface area contributed by atoms with Gasteiger partial charge < -0.3 is 10.7 Å². The lowest BCUT2D eigenvalue weighted by molar-refractivity contribution is 0.311. The van der Waals surface area contributed by atoms with Crippen LogP contribution in [0.15, 0.2) is 17.8 Å². The first-order chi connectivity index (χ1) is 13.3. The molecule has 0 radical (unpaired) electrons. The van der Waals surface area contributed by atoms with Gasteiger partial charge in [0.2, 0.25) is 5.95 Å². The first-order valence-electron chi connectivity index (χ1n) is 11.1. The van der Waals surface area contributed by atoms with Gasteiger partial charge in [0, 0.05) is 24.0 Å². The first kappa shape index (κ1) is 21.6. The lowest BCUT2D eigenvalue weighted by atomic mass is 9.79. The third-order valence-corrected chi connectivity index (χ3v) is 5.71. The van der Waals surface area contributed by atoms with Gasteiger partial charge >= 0.3 is 0 Å². The summed E-state index contributed by atoms with van der Waals surface area (Å²) in [7, 11) is 0. The zero-order valence-electron chi connectivity index (χ0n) is 17.6. The van der Waals surface area contributed by atoms with E-state index in [2.05, 4.69) is 17.2 Å². The van der Waals surface area contributed by atoms with Crippen LogP contribution in [0.25, 0.3) is 5.57 Å². The van der Waals surface area contributed by atoms with Crippen molar-refractivity contribution in [2.75, 3.05) is 5.32 Å². The summed E-state index contributed by atoms with van der Waals surface area (Å²) in [5.41, 5.74) is 3.33. The van der Waals surface area contributed by atoms with Gasteiger partial charge in [0.05, 0.1) is 5.69 Å². The average molecular weight is 371 g/mol. The van der Waals surface area contributed by atoms with E-state index in [9.17, 15) is 0 Å². The molecule has 1 aromatic heterocycles. The van der Waals surface area contributed by atoms with Crippen molar-refractivity contribution in [3.8, 4) is 0 Å². The molecule has 27 heavy (non-hydrogen) atoms. The number of hydrogen-bond acceptors (Lipinski definition) is 4. The molecular weight excluding hydrogens is 332 g/mol. The van der Waals surface area contributed by atoms with Crippen molar-refractivity contribution in [1.29, 1.82) is 5.41 Å². The maximum Gasteiger partial charge on any atom is 0.223 e. The Morgan fingerprint density at radius 1 is 1.15 bits per heavy atom. The van der Waals surface area contributed by atoms with E-state index < -0.39 is 0 Å². The number of nitrogens with one attached hydrogen (secondary N) is 2. The molecule has 3 rings (SSSR count). The summed E-state index contributed by atoms with van der Waals surface area (Å²) in [6.07, 6.45) is 17.1. The standard InChI is InChI=1S/C21H32N4.C2H6/c1-2-7-17(14-16-8-6-9-16)19(15-22)20-12-13-23-21(25-20)24-18-10-4-3-5-11-18;1-2/h12-13,15-16,18,22H,2-11,14H2,1H3,(H,23,24,25);1-2H3/b19-17-,22-15?;. The van der Waals surface area contributed by atoms with Crippen molar-refractivity contribution in [2.24, 2.45) is 5.92 Å². The molecule has 0 unspecified atom stereocenters. The minimum absolute atomic E-state index is 0.501. The fourth-order valence-electron chi connectivity index (χ4n) is 4.06. The minimum Gasteiger partial charge on any atom is -0.351 e. The molecule has 0 spiro atoms. The normalized spacial score (nSPS) is 18.6. The molecular formula is C23H38N4. The number of nitrogens with zero attached hydrogens (tertiary/aromatic N) is 2. The predicted molar refractivity (Wildman–Crippen MR) is 116 cm³/mol. The van der Waals surface area contributed by atoms with E-state index in [0.717, 1.165) is 42.4 Å². The lowest BCUT2D eigenvalue weighted by Gasteiger charge is -2.27. The molecule has 0 atom stereocenters. The molecule has 150 valence electrons. The summed E-state index contributed by atoms with van der Waals surface area (Å²) in [6.45, 7) is 6.22. The van der Waals surface area contributed by atoms with Gasteiger partial charge in [-0.1, -0.05) is 71.3 Å². The molecule has 0 bridgehead atoms. The van der Waals surface area contributed by atoms with E-state index in [-0.39, 0.29) is 0 Å². The number of hydrogen-bond donors (Lipinski definition) is 2. The second-order valence-electron chi connectivity index (χ2n) is 7.66. The van der Waals surface area contributed by atoms with Crippen LogP contribution in [0, 0.1) is 11.3 Å². The molecule has 0 aromatic carbocycles. The molecule has 2 aliphatic carbocycles.